The summed E-state index contributed by atoms with van der Waals surface area (Å²) in [6.45, 7) is 1.91. The van der Waals surface area contributed by atoms with E-state index < -0.39 is 0 Å². The third-order valence-corrected chi connectivity index (χ3v) is 1.17. The molecular formula is C9H10N4. The monoisotopic (exact) mass is 174 g/mol. The molecule has 0 heterocycles. The van der Waals surface area contributed by atoms with Gasteiger partial charge in [0.1, 0.15) is 6.42 Å². The van der Waals surface area contributed by atoms with Crippen LogP contribution >= 0.6 is 0 Å². The zero-order chi connectivity index (χ0) is 10.5. The minimum atomic E-state index is -0.0556. The maximum atomic E-state index is 8.26. The van der Waals surface area contributed by atoms with Crippen molar-refractivity contribution in [2.45, 2.75) is 26.2 Å². The first-order valence-electron chi connectivity index (χ1n) is 3.77. The van der Waals surface area contributed by atoms with Gasteiger partial charge in [-0.3, -0.25) is 0 Å². The van der Waals surface area contributed by atoms with E-state index in [-0.39, 0.29) is 12.3 Å². The van der Waals surface area contributed by atoms with Gasteiger partial charge in [-0.05, 0) is 6.42 Å². The van der Waals surface area contributed by atoms with Crippen LogP contribution in [0.2, 0.25) is 0 Å². The zero-order valence-electron chi connectivity index (χ0n) is 7.49. The van der Waals surface area contributed by atoms with Crippen molar-refractivity contribution in [2.24, 2.45) is 5.92 Å². The minimum absolute atomic E-state index is 0. The highest BCUT2D eigenvalue weighted by Gasteiger charge is 2.00. The van der Waals surface area contributed by atoms with E-state index in [0.717, 1.165) is 6.42 Å². The molecular weight excluding hydrogens is 164 g/mol. The molecule has 0 aliphatic rings. The van der Waals surface area contributed by atoms with E-state index in [0.29, 0.717) is 6.42 Å². The Morgan fingerprint density at radius 2 is 1.54 bits per heavy atom. The predicted octanol–water partition coefficient (Wildman–Crippen LogP) is 1.87. The minimum Gasteiger partial charge on any atom is -0.198 e. The maximum absolute atomic E-state index is 8.26. The van der Waals surface area contributed by atoms with E-state index in [1.807, 2.05) is 19.1 Å². The number of hydrogen-bond acceptors (Lipinski definition) is 4. The Morgan fingerprint density at radius 1 is 1.00 bits per heavy atom. The highest BCUT2D eigenvalue weighted by molar-refractivity contribution is 4.88. The van der Waals surface area contributed by atoms with E-state index in [9.17, 15) is 0 Å². The highest BCUT2D eigenvalue weighted by atomic mass is 14.3. The van der Waals surface area contributed by atoms with Gasteiger partial charge in [0.2, 0.25) is 0 Å². The van der Waals surface area contributed by atoms with Gasteiger partial charge in [0, 0.05) is 0 Å². The van der Waals surface area contributed by atoms with Crippen LogP contribution in [0.4, 0.5) is 0 Å². The Labute approximate surface area is 78.2 Å². The van der Waals surface area contributed by atoms with Crippen LogP contribution in [-0.2, 0) is 0 Å². The Bertz CT molecular complexity index is 256. The normalized spacial score (nSPS) is 8.69. The van der Waals surface area contributed by atoms with Gasteiger partial charge in [-0.15, -0.1) is 0 Å². The molecule has 4 nitrogen and oxygen atoms in total. The summed E-state index contributed by atoms with van der Waals surface area (Å²) >= 11 is 0. The number of nitriles is 4. The van der Waals surface area contributed by atoms with Crippen LogP contribution in [0.25, 0.3) is 0 Å². The van der Waals surface area contributed by atoms with Crippen LogP contribution in [0.15, 0.2) is 0 Å². The quantitative estimate of drug-likeness (QED) is 0.638. The van der Waals surface area contributed by atoms with Crippen LogP contribution in [0.5, 0.6) is 0 Å². The highest BCUT2D eigenvalue weighted by Crippen LogP contribution is 2.03. The van der Waals surface area contributed by atoms with Crippen LogP contribution < -0.4 is 0 Å². The summed E-state index contributed by atoms with van der Waals surface area (Å²) in [7, 11) is 0. The summed E-state index contributed by atoms with van der Waals surface area (Å²) in [4.78, 5) is 0. The summed E-state index contributed by atoms with van der Waals surface area (Å²) in [6, 6.07) is 7.29. The van der Waals surface area contributed by atoms with Gasteiger partial charge in [0.05, 0.1) is 36.6 Å². The van der Waals surface area contributed by atoms with Crippen molar-refractivity contribution >= 4 is 0 Å². The smallest absolute Gasteiger partial charge is 0.122 e. The van der Waals surface area contributed by atoms with Crippen molar-refractivity contribution in [3.63, 3.8) is 0 Å². The molecule has 1 atom stereocenters. The van der Waals surface area contributed by atoms with Crippen molar-refractivity contribution in [2.75, 3.05) is 0 Å². The SMILES string of the molecule is CCC(C#N)CC#N.N#CCC#N. The first-order chi connectivity index (χ1) is 6.26. The molecule has 0 aromatic carbocycles. The fraction of sp³-hybridized carbons (Fsp3) is 0.556. The summed E-state index contributed by atoms with van der Waals surface area (Å²) < 4.78 is 0. The van der Waals surface area contributed by atoms with E-state index in [4.69, 9.17) is 21.0 Å². The summed E-state index contributed by atoms with van der Waals surface area (Å²) in [5.74, 6) is -0.0556. The largest absolute Gasteiger partial charge is 0.198 e. The Hall–Kier alpha value is -2.04. The lowest BCUT2D eigenvalue weighted by Gasteiger charge is -1.93. The second-order valence-corrected chi connectivity index (χ2v) is 2.09. The molecule has 0 N–H and O–H groups in total. The summed E-state index contributed by atoms with van der Waals surface area (Å²) in [5, 5.41) is 31.5. The van der Waals surface area contributed by atoms with Gasteiger partial charge in [-0.25, -0.2) is 0 Å². The van der Waals surface area contributed by atoms with Crippen LogP contribution in [0.3, 0.4) is 0 Å². The summed E-state index contributed by atoms with van der Waals surface area (Å²) in [6.07, 6.45) is 1.15. The summed E-state index contributed by atoms with van der Waals surface area (Å²) in [5.41, 5.74) is 0. The Morgan fingerprint density at radius 3 is 1.62 bits per heavy atom. The Kier molecular flexibility index (Phi) is 13.1. The number of nitrogens with zero attached hydrogens (tertiary/aromatic N) is 4. The van der Waals surface area contributed by atoms with Crippen molar-refractivity contribution < 1.29 is 0 Å². The van der Waals surface area contributed by atoms with Crippen LogP contribution in [0, 0.1) is 51.2 Å². The molecule has 0 aromatic rings. The third-order valence-electron chi connectivity index (χ3n) is 1.17. The van der Waals surface area contributed by atoms with Gasteiger partial charge >= 0.3 is 0 Å². The first-order valence-corrected chi connectivity index (χ1v) is 3.77. The second-order valence-electron chi connectivity index (χ2n) is 2.09. The molecule has 0 aliphatic heterocycles. The van der Waals surface area contributed by atoms with Crippen molar-refractivity contribution in [1.82, 2.24) is 0 Å². The van der Waals surface area contributed by atoms with Gasteiger partial charge in [0.25, 0.3) is 0 Å². The first kappa shape index (κ1) is 13.5. The lowest BCUT2D eigenvalue weighted by atomic mass is 10.1. The van der Waals surface area contributed by atoms with Gasteiger partial charge in [-0.1, -0.05) is 6.92 Å². The van der Waals surface area contributed by atoms with Crippen molar-refractivity contribution in [1.29, 1.82) is 21.0 Å². The molecule has 0 saturated heterocycles. The molecule has 0 spiro atoms. The molecule has 0 radical (unpaired) electrons. The average molecular weight is 174 g/mol. The fourth-order valence-electron chi connectivity index (χ4n) is 0.427. The molecule has 0 saturated carbocycles. The number of hydrogen-bond donors (Lipinski definition) is 0. The van der Waals surface area contributed by atoms with Crippen LogP contribution in [0.1, 0.15) is 26.2 Å². The van der Waals surface area contributed by atoms with Gasteiger partial charge < -0.3 is 0 Å². The third kappa shape index (κ3) is 13.0. The molecule has 0 amide bonds. The molecule has 0 rings (SSSR count). The molecule has 1 unspecified atom stereocenters. The molecule has 0 aliphatic carbocycles. The zero-order valence-corrected chi connectivity index (χ0v) is 7.49. The standard InChI is InChI=1S/C6H8N2.C3H2N2/c1-2-6(5-8)3-4-7;4-2-1-3-5/h6H,2-3H2,1H3;1H2. The molecule has 66 valence electrons. The van der Waals surface area contributed by atoms with Crippen molar-refractivity contribution in [3.8, 4) is 24.3 Å². The second kappa shape index (κ2) is 12.6. The lowest BCUT2D eigenvalue weighted by Crippen LogP contribution is -1.90. The van der Waals surface area contributed by atoms with E-state index in [2.05, 4.69) is 0 Å². The maximum Gasteiger partial charge on any atom is 0.122 e. The van der Waals surface area contributed by atoms with Crippen molar-refractivity contribution in [3.05, 3.63) is 0 Å². The van der Waals surface area contributed by atoms with E-state index in [1.54, 1.807) is 12.1 Å². The van der Waals surface area contributed by atoms with E-state index >= 15 is 0 Å². The molecule has 0 bridgehead atoms. The van der Waals surface area contributed by atoms with Gasteiger partial charge in [0.15, 0.2) is 0 Å². The molecule has 0 fully saturated rings. The number of rotatable bonds is 2. The van der Waals surface area contributed by atoms with Gasteiger partial charge in [-0.2, -0.15) is 21.0 Å². The molecule has 13 heavy (non-hydrogen) atoms. The fourth-order valence-corrected chi connectivity index (χ4v) is 0.427. The molecule has 4 heteroatoms. The lowest BCUT2D eigenvalue weighted by molar-refractivity contribution is 0.659. The average Bonchev–Trinajstić information content (AvgIpc) is 2.16. The Balaban J connectivity index is 0. The predicted molar refractivity (Wildman–Crippen MR) is 45.5 cm³/mol. The van der Waals surface area contributed by atoms with Crippen LogP contribution in [-0.4, -0.2) is 0 Å². The topological polar surface area (TPSA) is 95.2 Å². The molecule has 0 aromatic heterocycles. The van der Waals surface area contributed by atoms with E-state index in [1.165, 1.54) is 0 Å².